The van der Waals surface area contributed by atoms with Crippen molar-refractivity contribution in [3.8, 4) is 5.75 Å². The summed E-state index contributed by atoms with van der Waals surface area (Å²) in [6.45, 7) is 12.2. The molecule has 7 rings (SSSR count). The minimum Gasteiger partial charge on any atom is -0.507 e. The maximum Gasteiger partial charge on any atom is 0.190 e. The lowest BCUT2D eigenvalue weighted by Crippen LogP contribution is -2.76. The summed E-state index contributed by atoms with van der Waals surface area (Å²) in [5.74, 6) is -8.32. The number of halogens is 1. The third-order valence-corrected chi connectivity index (χ3v) is 14.1. The van der Waals surface area contributed by atoms with Crippen LogP contribution in [0.15, 0.2) is 48.1 Å². The van der Waals surface area contributed by atoms with Gasteiger partial charge in [-0.15, -0.1) is 0 Å². The Labute approximate surface area is 317 Å². The Morgan fingerprint density at radius 2 is 1.63 bits per heavy atom. The normalized spacial score (nSPS) is 33.7. The fourth-order valence-corrected chi connectivity index (χ4v) is 11.8. The van der Waals surface area contributed by atoms with Gasteiger partial charge in [0, 0.05) is 16.9 Å². The van der Waals surface area contributed by atoms with Gasteiger partial charge >= 0.3 is 0 Å². The van der Waals surface area contributed by atoms with E-state index in [1.165, 1.54) is 11.6 Å². The summed E-state index contributed by atoms with van der Waals surface area (Å²) in [5, 5.41) is 24.4. The molecule has 8 heteroatoms. The summed E-state index contributed by atoms with van der Waals surface area (Å²) in [5.41, 5.74) is -0.289. The number of phenols is 1. The van der Waals surface area contributed by atoms with Gasteiger partial charge in [0.05, 0.1) is 11.5 Å². The minimum absolute atomic E-state index is 0.0315. The average molecular weight is 737 g/mol. The molecule has 2 N–H and O–H groups in total. The molecule has 0 spiro atoms. The quantitative estimate of drug-likeness (QED) is 0.274. The third-order valence-electron chi connectivity index (χ3n) is 14.1. The highest BCUT2D eigenvalue weighted by Crippen LogP contribution is 2.64. The molecule has 3 unspecified atom stereocenters. The van der Waals surface area contributed by atoms with Crippen molar-refractivity contribution in [3.05, 3.63) is 81.7 Å². The van der Waals surface area contributed by atoms with E-state index in [9.17, 15) is 38.6 Å². The second-order valence-electron chi connectivity index (χ2n) is 18.3. The van der Waals surface area contributed by atoms with Gasteiger partial charge in [0.15, 0.2) is 28.7 Å². The van der Waals surface area contributed by atoms with E-state index in [0.717, 1.165) is 55.7 Å². The molecule has 0 radical (unpaired) electrons. The zero-order valence-corrected chi connectivity index (χ0v) is 32.6. The van der Waals surface area contributed by atoms with Gasteiger partial charge in [-0.3, -0.25) is 24.0 Å². The van der Waals surface area contributed by atoms with Gasteiger partial charge in [-0.05, 0) is 122 Å². The topological polar surface area (TPSA) is 126 Å². The molecule has 0 aliphatic heterocycles. The van der Waals surface area contributed by atoms with Crippen molar-refractivity contribution >= 4 is 34.5 Å². The zero-order valence-electron chi connectivity index (χ0n) is 32.6. The van der Waals surface area contributed by atoms with Gasteiger partial charge in [-0.2, -0.15) is 0 Å². The van der Waals surface area contributed by atoms with E-state index in [2.05, 4.69) is 6.08 Å². The van der Waals surface area contributed by atoms with Gasteiger partial charge in [-0.1, -0.05) is 77.5 Å². The van der Waals surface area contributed by atoms with Crippen LogP contribution in [-0.4, -0.2) is 44.7 Å². The molecular weight excluding hydrogens is 683 g/mol. The first-order valence-electron chi connectivity index (χ1n) is 19.8. The number of hydrogen-bond acceptors (Lipinski definition) is 7. The Balaban J connectivity index is 1.19. The second-order valence-corrected chi connectivity index (χ2v) is 18.3. The summed E-state index contributed by atoms with van der Waals surface area (Å²) >= 11 is 0. The molecule has 54 heavy (non-hydrogen) atoms. The summed E-state index contributed by atoms with van der Waals surface area (Å²) in [4.78, 5) is 70.2. The molecule has 2 aromatic carbocycles. The van der Waals surface area contributed by atoms with E-state index in [1.54, 1.807) is 26.8 Å². The highest BCUT2D eigenvalue weighted by molar-refractivity contribution is 6.32. The van der Waals surface area contributed by atoms with Gasteiger partial charge in [0.2, 0.25) is 0 Å². The first kappa shape index (κ1) is 38.2. The lowest BCUT2D eigenvalue weighted by Gasteiger charge is -2.62. The monoisotopic (exact) mass is 736 g/mol. The van der Waals surface area contributed by atoms with Crippen molar-refractivity contribution in [2.45, 2.75) is 117 Å². The minimum atomic E-state index is -2.72. The molecule has 3 saturated carbocycles. The lowest BCUT2D eigenvalue weighted by molar-refractivity contribution is -0.205. The van der Waals surface area contributed by atoms with Crippen molar-refractivity contribution in [3.63, 3.8) is 0 Å². The predicted octanol–water partition coefficient (Wildman–Crippen LogP) is 8.43. The van der Waals surface area contributed by atoms with Crippen molar-refractivity contribution in [2.24, 2.45) is 40.4 Å². The fourth-order valence-electron chi connectivity index (χ4n) is 11.8. The van der Waals surface area contributed by atoms with E-state index in [4.69, 9.17) is 0 Å². The molecular formula is C46H53FO7. The fraction of sp³-hybridized carbons (Fsp3) is 0.543. The molecule has 0 bridgehead atoms. The molecule has 286 valence electrons. The van der Waals surface area contributed by atoms with Gasteiger partial charge < -0.3 is 10.2 Å². The third kappa shape index (κ3) is 5.56. The van der Waals surface area contributed by atoms with Crippen LogP contribution in [0.1, 0.15) is 138 Å². The van der Waals surface area contributed by atoms with Gasteiger partial charge in [-0.25, -0.2) is 4.39 Å². The molecule has 6 atom stereocenters. The zero-order chi connectivity index (χ0) is 39.2. The number of fused-ring (bicyclic) bond motifs is 3. The van der Waals surface area contributed by atoms with Crippen LogP contribution in [0.2, 0.25) is 0 Å². The van der Waals surface area contributed by atoms with E-state index in [1.807, 2.05) is 45.0 Å². The molecule has 0 aromatic heterocycles. The number of aliphatic hydroxyl groups is 1. The van der Waals surface area contributed by atoms with E-state index in [0.29, 0.717) is 23.5 Å². The SMILES string of the molecule is CC(=O)C1C(=O)C(C(C)C)[C@@]2(C)C[C@@]3(C)Cc4c(C(C)C)cc(C5=CC=C(CC6CCC(c7ccccc7F)CC6)C5)c(O)c4C(=O)C3C(=O)[C@@]2(O)C1=O. The number of Topliss-reactive ketones (excluding diaryl/α,β-unsaturated/α-hetero) is 5. The highest BCUT2D eigenvalue weighted by Gasteiger charge is 2.76. The van der Waals surface area contributed by atoms with Crippen molar-refractivity contribution < 1.29 is 38.6 Å². The standard InChI is InChI=1S/C46H53FO7/c1-23(2)31-20-32(29-17-14-27(19-29)18-26-12-15-28(16-13-26)30-10-8-9-11-34(30)47)39(49)36-33(31)21-44(6)22-45(7)37(24(3)4)40(50)35(25(5)48)42(52)46(45,54)43(53)38(44)41(36)51/h8-11,14,17,20,23-24,26,28,35,37-38,49,54H,12-13,15-16,18-19,21-22H2,1-7H3/t26?,28?,35?,37?,38?,44-,45-,46+/m1/s1. The Morgan fingerprint density at radius 3 is 2.24 bits per heavy atom. The number of aromatic hydroxyl groups is 1. The second kappa shape index (κ2) is 13.3. The smallest absolute Gasteiger partial charge is 0.190 e. The first-order valence-corrected chi connectivity index (χ1v) is 19.8. The number of benzene rings is 2. The van der Waals surface area contributed by atoms with Crippen molar-refractivity contribution in [2.75, 3.05) is 0 Å². The summed E-state index contributed by atoms with van der Waals surface area (Å²) in [6, 6.07) is 9.02. The number of phenolic OH excluding ortho intramolecular Hbond substituents is 1. The van der Waals surface area contributed by atoms with E-state index < -0.39 is 69.0 Å². The number of hydrogen-bond donors (Lipinski definition) is 2. The van der Waals surface area contributed by atoms with Crippen LogP contribution in [0.3, 0.4) is 0 Å². The van der Waals surface area contributed by atoms with Crippen LogP contribution >= 0.6 is 0 Å². The molecule has 0 saturated heterocycles. The summed E-state index contributed by atoms with van der Waals surface area (Å²) in [7, 11) is 0. The van der Waals surface area contributed by atoms with E-state index in [-0.39, 0.29) is 41.8 Å². The number of carbonyl (C=O) groups excluding carboxylic acids is 5. The van der Waals surface area contributed by atoms with Gasteiger partial charge in [0.1, 0.15) is 23.3 Å². The number of ketones is 5. The van der Waals surface area contributed by atoms with Gasteiger partial charge in [0.25, 0.3) is 0 Å². The maximum atomic E-state index is 14.8. The van der Waals surface area contributed by atoms with Crippen LogP contribution in [0.5, 0.6) is 5.75 Å². The predicted molar refractivity (Wildman–Crippen MR) is 203 cm³/mol. The van der Waals surface area contributed by atoms with Crippen molar-refractivity contribution in [1.82, 2.24) is 0 Å². The molecule has 7 nitrogen and oxygen atoms in total. The van der Waals surface area contributed by atoms with Crippen LogP contribution in [0.4, 0.5) is 4.39 Å². The Bertz CT molecular complexity index is 2050. The Hall–Kier alpha value is -4.04. The maximum absolute atomic E-state index is 14.8. The Kier molecular flexibility index (Phi) is 9.43. The average Bonchev–Trinajstić information content (AvgIpc) is 3.54. The van der Waals surface area contributed by atoms with Crippen LogP contribution in [-0.2, 0) is 25.6 Å². The van der Waals surface area contributed by atoms with Crippen LogP contribution < -0.4 is 0 Å². The molecule has 2 aromatic rings. The molecule has 3 fully saturated rings. The largest absolute Gasteiger partial charge is 0.507 e. The summed E-state index contributed by atoms with van der Waals surface area (Å²) < 4.78 is 14.4. The Morgan fingerprint density at radius 1 is 0.963 bits per heavy atom. The van der Waals surface area contributed by atoms with Crippen LogP contribution in [0, 0.1) is 46.2 Å². The lowest BCUT2D eigenvalue weighted by atomic mass is 9.39. The number of allylic oxidation sites excluding steroid dienone is 4. The number of carbonyl (C=O) groups is 5. The van der Waals surface area contributed by atoms with Crippen LogP contribution in [0.25, 0.3) is 5.57 Å². The molecule has 0 amide bonds. The highest BCUT2D eigenvalue weighted by atomic mass is 19.1. The molecule has 5 aliphatic carbocycles. The first-order chi connectivity index (χ1) is 25.4. The summed E-state index contributed by atoms with van der Waals surface area (Å²) in [6.07, 6.45) is 9.74. The molecule has 5 aliphatic rings. The number of rotatable bonds is 7. The molecule has 0 heterocycles. The van der Waals surface area contributed by atoms with Crippen molar-refractivity contribution in [1.29, 1.82) is 0 Å². The van der Waals surface area contributed by atoms with E-state index >= 15 is 0 Å².